The third-order valence-electron chi connectivity index (χ3n) is 4.73. The minimum Gasteiger partial charge on any atom is -0.463 e. The molecule has 0 heterocycles. The Bertz CT molecular complexity index is 338. The minimum atomic E-state index is -0.137. The summed E-state index contributed by atoms with van der Waals surface area (Å²) in [4.78, 5) is 11.4. The minimum absolute atomic E-state index is 0.137. The van der Waals surface area contributed by atoms with E-state index in [4.69, 9.17) is 23.7 Å². The number of ether oxygens (including phenoxy) is 5. The highest BCUT2D eigenvalue weighted by atomic mass is 16.6. The van der Waals surface area contributed by atoms with E-state index in [2.05, 4.69) is 13.8 Å². The summed E-state index contributed by atoms with van der Waals surface area (Å²) in [7, 11) is 0. The fourth-order valence-electron chi connectivity index (χ4n) is 2.91. The van der Waals surface area contributed by atoms with Crippen molar-refractivity contribution in [3.05, 3.63) is 0 Å². The zero-order chi connectivity index (χ0) is 22.0. The zero-order valence-electron chi connectivity index (χ0n) is 19.8. The van der Waals surface area contributed by atoms with E-state index in [1.54, 1.807) is 0 Å². The van der Waals surface area contributed by atoms with Gasteiger partial charge in [-0.25, -0.2) is 0 Å². The summed E-state index contributed by atoms with van der Waals surface area (Å²) in [5, 5.41) is 0. The Morgan fingerprint density at radius 2 is 0.867 bits per heavy atom. The Labute approximate surface area is 185 Å². The smallest absolute Gasteiger partial charge is 0.305 e. The van der Waals surface area contributed by atoms with Crippen molar-refractivity contribution in [2.45, 2.75) is 90.9 Å². The Kier molecular flexibility index (Phi) is 25.7. The number of carbonyl (C=O) groups is 1. The maximum atomic E-state index is 11.4. The first kappa shape index (κ1) is 29.3. The van der Waals surface area contributed by atoms with Gasteiger partial charge in [0.05, 0.1) is 46.2 Å². The van der Waals surface area contributed by atoms with E-state index >= 15 is 0 Å². The monoisotopic (exact) mass is 432 g/mol. The molecule has 0 saturated carbocycles. The van der Waals surface area contributed by atoms with Crippen LogP contribution in [0.3, 0.4) is 0 Å². The van der Waals surface area contributed by atoms with Crippen LogP contribution in [0.15, 0.2) is 0 Å². The van der Waals surface area contributed by atoms with E-state index in [-0.39, 0.29) is 5.97 Å². The molecule has 0 aliphatic rings. The van der Waals surface area contributed by atoms with Crippen molar-refractivity contribution in [3.8, 4) is 0 Å². The van der Waals surface area contributed by atoms with Gasteiger partial charge in [-0.05, 0) is 12.8 Å². The van der Waals surface area contributed by atoms with Gasteiger partial charge in [-0.15, -0.1) is 0 Å². The van der Waals surface area contributed by atoms with Gasteiger partial charge >= 0.3 is 5.97 Å². The molecule has 0 amide bonds. The zero-order valence-corrected chi connectivity index (χ0v) is 19.8. The molecular formula is C24H48O6. The Morgan fingerprint density at radius 3 is 1.40 bits per heavy atom. The maximum Gasteiger partial charge on any atom is 0.305 e. The summed E-state index contributed by atoms with van der Waals surface area (Å²) in [6.07, 6.45) is 14.1. The second kappa shape index (κ2) is 26.3. The summed E-state index contributed by atoms with van der Waals surface area (Å²) in [6, 6.07) is 0. The Morgan fingerprint density at radius 1 is 0.467 bits per heavy atom. The highest BCUT2D eigenvalue weighted by molar-refractivity contribution is 5.69. The highest BCUT2D eigenvalue weighted by Crippen LogP contribution is 2.08. The number of hydrogen-bond acceptors (Lipinski definition) is 6. The quantitative estimate of drug-likeness (QED) is 0.144. The number of esters is 1. The second-order valence-corrected chi connectivity index (χ2v) is 7.60. The molecule has 0 spiro atoms. The molecule has 0 aliphatic carbocycles. The van der Waals surface area contributed by atoms with E-state index in [1.807, 2.05) is 0 Å². The van der Waals surface area contributed by atoms with Gasteiger partial charge in [0.15, 0.2) is 0 Å². The van der Waals surface area contributed by atoms with Crippen LogP contribution in [0.2, 0.25) is 0 Å². The maximum absolute atomic E-state index is 11.4. The summed E-state index contributed by atoms with van der Waals surface area (Å²) < 4.78 is 27.0. The third kappa shape index (κ3) is 25.3. The summed E-state index contributed by atoms with van der Waals surface area (Å²) in [5.41, 5.74) is 0. The molecule has 0 radical (unpaired) electrons. The number of hydrogen-bond donors (Lipinski definition) is 0. The van der Waals surface area contributed by atoms with Crippen LogP contribution in [-0.2, 0) is 28.5 Å². The summed E-state index contributed by atoms with van der Waals surface area (Å²) in [6.45, 7) is 9.31. The first-order chi connectivity index (χ1) is 14.8. The predicted octanol–water partition coefficient (Wildman–Crippen LogP) is 5.32. The molecule has 180 valence electrons. The van der Waals surface area contributed by atoms with Crippen LogP contribution in [-0.4, -0.2) is 65.4 Å². The average molecular weight is 433 g/mol. The van der Waals surface area contributed by atoms with Crippen LogP contribution in [0.5, 0.6) is 0 Å². The molecule has 0 atom stereocenters. The van der Waals surface area contributed by atoms with Crippen molar-refractivity contribution in [3.63, 3.8) is 0 Å². The van der Waals surface area contributed by atoms with E-state index in [0.717, 1.165) is 32.3 Å². The van der Waals surface area contributed by atoms with Gasteiger partial charge in [0, 0.05) is 13.0 Å². The molecule has 0 bridgehead atoms. The fourth-order valence-corrected chi connectivity index (χ4v) is 2.91. The molecule has 0 N–H and O–H groups in total. The lowest BCUT2D eigenvalue weighted by atomic mass is 10.1. The van der Waals surface area contributed by atoms with Gasteiger partial charge in [0.1, 0.15) is 6.61 Å². The Hall–Kier alpha value is -0.690. The molecule has 0 aliphatic heterocycles. The molecule has 0 saturated heterocycles. The largest absolute Gasteiger partial charge is 0.463 e. The second-order valence-electron chi connectivity index (χ2n) is 7.60. The van der Waals surface area contributed by atoms with E-state index in [1.165, 1.54) is 44.9 Å². The first-order valence-electron chi connectivity index (χ1n) is 12.3. The van der Waals surface area contributed by atoms with Crippen molar-refractivity contribution >= 4 is 5.97 Å². The van der Waals surface area contributed by atoms with Gasteiger partial charge in [-0.1, -0.05) is 71.6 Å². The summed E-state index contributed by atoms with van der Waals surface area (Å²) >= 11 is 0. The lowest BCUT2D eigenvalue weighted by Gasteiger charge is -2.08. The van der Waals surface area contributed by atoms with E-state index in [9.17, 15) is 4.79 Å². The molecule has 0 aromatic carbocycles. The van der Waals surface area contributed by atoms with Crippen LogP contribution in [0.4, 0.5) is 0 Å². The lowest BCUT2D eigenvalue weighted by Crippen LogP contribution is -2.14. The van der Waals surface area contributed by atoms with E-state index < -0.39 is 0 Å². The van der Waals surface area contributed by atoms with Crippen LogP contribution in [0, 0.1) is 0 Å². The Balaban J connectivity index is 3.06. The average Bonchev–Trinajstić information content (AvgIpc) is 2.75. The third-order valence-corrected chi connectivity index (χ3v) is 4.73. The number of carbonyl (C=O) groups excluding carboxylic acids is 1. The van der Waals surface area contributed by atoms with Gasteiger partial charge < -0.3 is 23.7 Å². The molecule has 6 nitrogen and oxygen atoms in total. The first-order valence-corrected chi connectivity index (χ1v) is 12.3. The van der Waals surface area contributed by atoms with Gasteiger partial charge in [0.25, 0.3) is 0 Å². The van der Waals surface area contributed by atoms with Gasteiger partial charge in [-0.3, -0.25) is 4.79 Å². The SMILES string of the molecule is CCCCCCCCCCOCCOCCOCCOCCOC(=O)CCCCC. The topological polar surface area (TPSA) is 63.2 Å². The van der Waals surface area contributed by atoms with Gasteiger partial charge in [0.2, 0.25) is 0 Å². The molecule has 0 aromatic heterocycles. The van der Waals surface area contributed by atoms with Crippen molar-refractivity contribution in [2.75, 3.05) is 59.5 Å². The van der Waals surface area contributed by atoms with Crippen molar-refractivity contribution < 1.29 is 28.5 Å². The molecule has 0 unspecified atom stereocenters. The van der Waals surface area contributed by atoms with Crippen LogP contribution < -0.4 is 0 Å². The molecular weight excluding hydrogens is 384 g/mol. The van der Waals surface area contributed by atoms with Crippen LogP contribution in [0.1, 0.15) is 90.9 Å². The fraction of sp³-hybridized carbons (Fsp3) is 0.958. The lowest BCUT2D eigenvalue weighted by molar-refractivity contribution is -0.145. The van der Waals surface area contributed by atoms with Crippen molar-refractivity contribution in [1.29, 1.82) is 0 Å². The molecule has 0 fully saturated rings. The standard InChI is InChI=1S/C24H48O6/c1-3-5-7-8-9-10-11-13-15-26-16-17-27-18-19-28-20-21-29-22-23-30-24(25)14-12-6-4-2/h3-23H2,1-2H3. The number of rotatable bonds is 25. The van der Waals surface area contributed by atoms with E-state index in [0.29, 0.717) is 59.3 Å². The normalized spacial score (nSPS) is 11.1. The van der Waals surface area contributed by atoms with Crippen molar-refractivity contribution in [2.24, 2.45) is 0 Å². The van der Waals surface area contributed by atoms with Gasteiger partial charge in [-0.2, -0.15) is 0 Å². The van der Waals surface area contributed by atoms with Crippen LogP contribution >= 0.6 is 0 Å². The predicted molar refractivity (Wildman–Crippen MR) is 121 cm³/mol. The van der Waals surface area contributed by atoms with Crippen molar-refractivity contribution in [1.82, 2.24) is 0 Å². The molecule has 0 aromatic rings. The highest BCUT2D eigenvalue weighted by Gasteiger charge is 2.01. The molecule has 0 rings (SSSR count). The van der Waals surface area contributed by atoms with Crippen LogP contribution in [0.25, 0.3) is 0 Å². The number of unbranched alkanes of at least 4 members (excludes halogenated alkanes) is 9. The summed E-state index contributed by atoms with van der Waals surface area (Å²) in [5.74, 6) is -0.137. The molecule has 30 heavy (non-hydrogen) atoms. The molecule has 6 heteroatoms.